The highest BCUT2D eigenvalue weighted by atomic mass is 32.1. The summed E-state index contributed by atoms with van der Waals surface area (Å²) < 4.78 is 0. The van der Waals surface area contributed by atoms with Gasteiger partial charge in [0, 0.05) is 25.1 Å². The third-order valence-corrected chi connectivity index (χ3v) is 3.33. The molecule has 1 rings (SSSR count). The van der Waals surface area contributed by atoms with Crippen LogP contribution in [0.15, 0.2) is 5.38 Å². The summed E-state index contributed by atoms with van der Waals surface area (Å²) in [4.78, 5) is 6.86. The number of unbranched alkanes of at least 4 members (excludes halogenated alkanes) is 1. The van der Waals surface area contributed by atoms with E-state index in [1.54, 1.807) is 11.3 Å². The van der Waals surface area contributed by atoms with Gasteiger partial charge in [-0.05, 0) is 26.3 Å². The Kier molecular flexibility index (Phi) is 6.61. The molecular weight excluding hydrogens is 220 g/mol. The van der Waals surface area contributed by atoms with Crippen LogP contribution in [0.25, 0.3) is 0 Å². The van der Waals surface area contributed by atoms with Crippen molar-refractivity contribution in [2.75, 3.05) is 19.7 Å². The van der Waals surface area contributed by atoms with Gasteiger partial charge in [0.05, 0.1) is 10.7 Å². The zero-order chi connectivity index (χ0) is 11.8. The van der Waals surface area contributed by atoms with Gasteiger partial charge in [0.1, 0.15) is 0 Å². The van der Waals surface area contributed by atoms with E-state index in [4.69, 9.17) is 5.11 Å². The number of nitrogens with zero attached hydrogens (tertiary/aromatic N) is 2. The largest absolute Gasteiger partial charge is 0.396 e. The molecule has 0 aromatic carbocycles. The van der Waals surface area contributed by atoms with E-state index in [0.717, 1.165) is 36.8 Å². The van der Waals surface area contributed by atoms with E-state index >= 15 is 0 Å². The molecule has 1 N–H and O–H groups in total. The second-order valence-electron chi connectivity index (χ2n) is 4.06. The second kappa shape index (κ2) is 7.76. The number of thiazole rings is 1. The smallest absolute Gasteiger partial charge is 0.0897 e. The van der Waals surface area contributed by atoms with Gasteiger partial charge in [0.2, 0.25) is 0 Å². The average Bonchev–Trinajstić information content (AvgIpc) is 2.68. The molecule has 0 amide bonds. The van der Waals surface area contributed by atoms with E-state index in [1.165, 1.54) is 12.8 Å². The summed E-state index contributed by atoms with van der Waals surface area (Å²) in [5.41, 5.74) is 1.16. The molecule has 92 valence electrons. The summed E-state index contributed by atoms with van der Waals surface area (Å²) in [5.74, 6) is 0. The van der Waals surface area contributed by atoms with Gasteiger partial charge < -0.3 is 5.11 Å². The molecule has 0 bridgehead atoms. The fourth-order valence-electron chi connectivity index (χ4n) is 1.66. The highest BCUT2D eigenvalue weighted by Gasteiger charge is 2.07. The summed E-state index contributed by atoms with van der Waals surface area (Å²) in [6, 6.07) is 0. The van der Waals surface area contributed by atoms with Crippen molar-refractivity contribution in [3.8, 4) is 0 Å². The molecular formula is C12H22N2OS. The molecule has 3 nitrogen and oxygen atoms in total. The molecule has 0 unspecified atom stereocenters. The van der Waals surface area contributed by atoms with Gasteiger partial charge in [-0.3, -0.25) is 4.90 Å². The molecule has 1 aromatic heterocycles. The maximum absolute atomic E-state index is 8.87. The maximum Gasteiger partial charge on any atom is 0.0897 e. The van der Waals surface area contributed by atoms with Gasteiger partial charge in [0.25, 0.3) is 0 Å². The molecule has 0 saturated heterocycles. The highest BCUT2D eigenvalue weighted by Crippen LogP contribution is 2.11. The van der Waals surface area contributed by atoms with Gasteiger partial charge in [-0.1, -0.05) is 13.3 Å². The Hall–Kier alpha value is -0.450. The van der Waals surface area contributed by atoms with Crippen LogP contribution in [0.5, 0.6) is 0 Å². The minimum absolute atomic E-state index is 0.277. The van der Waals surface area contributed by atoms with Crippen molar-refractivity contribution in [2.45, 2.75) is 39.7 Å². The topological polar surface area (TPSA) is 36.4 Å². The minimum Gasteiger partial charge on any atom is -0.396 e. The average molecular weight is 242 g/mol. The normalized spacial score (nSPS) is 11.2. The van der Waals surface area contributed by atoms with Gasteiger partial charge in [0.15, 0.2) is 0 Å². The Morgan fingerprint density at radius 1 is 1.38 bits per heavy atom. The lowest BCUT2D eigenvalue weighted by atomic mass is 10.3. The highest BCUT2D eigenvalue weighted by molar-refractivity contribution is 7.09. The predicted molar refractivity (Wildman–Crippen MR) is 68.7 cm³/mol. The summed E-state index contributed by atoms with van der Waals surface area (Å²) in [6.07, 6.45) is 3.28. The van der Waals surface area contributed by atoms with E-state index in [0.29, 0.717) is 0 Å². The predicted octanol–water partition coefficient (Wildman–Crippen LogP) is 2.44. The van der Waals surface area contributed by atoms with Crippen LogP contribution in [-0.4, -0.2) is 34.7 Å². The van der Waals surface area contributed by atoms with Crippen LogP contribution < -0.4 is 0 Å². The van der Waals surface area contributed by atoms with Crippen LogP contribution in [0, 0.1) is 6.92 Å². The number of aliphatic hydroxyl groups excluding tert-OH is 1. The number of rotatable bonds is 8. The Morgan fingerprint density at radius 2 is 2.12 bits per heavy atom. The Balaban J connectivity index is 2.41. The van der Waals surface area contributed by atoms with E-state index in [1.807, 2.05) is 6.92 Å². The number of hydrogen-bond donors (Lipinski definition) is 1. The Labute approximate surface area is 102 Å². The molecule has 1 aromatic rings. The van der Waals surface area contributed by atoms with Crippen molar-refractivity contribution < 1.29 is 5.11 Å². The van der Waals surface area contributed by atoms with Crippen LogP contribution in [0.1, 0.15) is 36.9 Å². The molecule has 1 heterocycles. The summed E-state index contributed by atoms with van der Waals surface area (Å²) in [7, 11) is 0. The van der Waals surface area contributed by atoms with E-state index in [-0.39, 0.29) is 6.61 Å². The maximum atomic E-state index is 8.87. The zero-order valence-corrected chi connectivity index (χ0v) is 11.1. The molecule has 0 radical (unpaired) electrons. The van der Waals surface area contributed by atoms with Gasteiger partial charge in [-0.2, -0.15) is 0 Å². The van der Waals surface area contributed by atoms with Crippen LogP contribution in [0.4, 0.5) is 0 Å². The van der Waals surface area contributed by atoms with Crippen LogP contribution in [0.2, 0.25) is 0 Å². The SMILES string of the molecule is CCCCN(CCCO)Cc1csc(C)n1. The van der Waals surface area contributed by atoms with Crippen LogP contribution in [-0.2, 0) is 6.54 Å². The first kappa shape index (κ1) is 13.6. The quantitative estimate of drug-likeness (QED) is 0.760. The Bertz CT molecular complexity index is 280. The number of aliphatic hydroxyl groups is 1. The molecule has 0 spiro atoms. The lowest BCUT2D eigenvalue weighted by molar-refractivity contribution is 0.215. The monoisotopic (exact) mass is 242 g/mol. The molecule has 0 aliphatic carbocycles. The summed E-state index contributed by atoms with van der Waals surface area (Å²) in [5, 5.41) is 12.1. The van der Waals surface area contributed by atoms with Crippen molar-refractivity contribution in [1.82, 2.24) is 9.88 Å². The first-order chi connectivity index (χ1) is 7.76. The van der Waals surface area contributed by atoms with Crippen molar-refractivity contribution in [2.24, 2.45) is 0 Å². The fraction of sp³-hybridized carbons (Fsp3) is 0.750. The first-order valence-electron chi connectivity index (χ1n) is 6.00. The van der Waals surface area contributed by atoms with Crippen molar-refractivity contribution in [1.29, 1.82) is 0 Å². The third-order valence-electron chi connectivity index (χ3n) is 2.51. The van der Waals surface area contributed by atoms with E-state index in [2.05, 4.69) is 22.2 Å². The van der Waals surface area contributed by atoms with Crippen molar-refractivity contribution in [3.63, 3.8) is 0 Å². The molecule has 4 heteroatoms. The summed E-state index contributed by atoms with van der Waals surface area (Å²) >= 11 is 1.71. The molecule has 16 heavy (non-hydrogen) atoms. The van der Waals surface area contributed by atoms with Crippen molar-refractivity contribution in [3.05, 3.63) is 16.1 Å². The second-order valence-corrected chi connectivity index (χ2v) is 5.13. The molecule has 0 saturated carbocycles. The Morgan fingerprint density at radius 3 is 2.69 bits per heavy atom. The molecule has 0 aliphatic rings. The fourth-order valence-corrected chi connectivity index (χ4v) is 2.26. The van der Waals surface area contributed by atoms with Crippen LogP contribution >= 0.6 is 11.3 Å². The van der Waals surface area contributed by atoms with Crippen molar-refractivity contribution >= 4 is 11.3 Å². The minimum atomic E-state index is 0.277. The summed E-state index contributed by atoms with van der Waals surface area (Å²) in [6.45, 7) is 7.51. The number of aryl methyl sites for hydroxylation is 1. The van der Waals surface area contributed by atoms with Crippen LogP contribution in [0.3, 0.4) is 0 Å². The van der Waals surface area contributed by atoms with Gasteiger partial charge in [-0.15, -0.1) is 11.3 Å². The lowest BCUT2D eigenvalue weighted by Gasteiger charge is -2.20. The molecule has 0 atom stereocenters. The number of hydrogen-bond acceptors (Lipinski definition) is 4. The van der Waals surface area contributed by atoms with E-state index in [9.17, 15) is 0 Å². The standard InChI is InChI=1S/C12H22N2OS/c1-3-4-6-14(7-5-8-15)9-12-10-16-11(2)13-12/h10,15H,3-9H2,1-2H3. The lowest BCUT2D eigenvalue weighted by Crippen LogP contribution is -2.26. The van der Waals surface area contributed by atoms with E-state index < -0.39 is 0 Å². The van der Waals surface area contributed by atoms with Gasteiger partial charge >= 0.3 is 0 Å². The van der Waals surface area contributed by atoms with Gasteiger partial charge in [-0.25, -0.2) is 4.98 Å². The third kappa shape index (κ3) is 5.05. The zero-order valence-electron chi connectivity index (χ0n) is 10.3. The molecule has 0 aliphatic heterocycles. The first-order valence-corrected chi connectivity index (χ1v) is 6.88. The number of aromatic nitrogens is 1. The molecule has 0 fully saturated rings.